The van der Waals surface area contributed by atoms with Crippen LogP contribution in [0, 0.1) is 13.8 Å². The summed E-state index contributed by atoms with van der Waals surface area (Å²) in [7, 11) is 3.15. The molecule has 6 rings (SSSR count). The first-order valence-electron chi connectivity index (χ1n) is 17.8. The third-order valence-corrected chi connectivity index (χ3v) is 11.9. The maximum Gasteiger partial charge on any atom is 0.339 e. The van der Waals surface area contributed by atoms with Crippen LogP contribution in [0.25, 0.3) is 21.5 Å². The van der Waals surface area contributed by atoms with E-state index in [1.54, 1.807) is 37.0 Å². The molecule has 14 heteroatoms. The first kappa shape index (κ1) is 41.4. The molecule has 0 fully saturated rings. The van der Waals surface area contributed by atoms with Crippen LogP contribution in [0.2, 0.25) is 10.0 Å². The molecule has 0 aliphatic heterocycles. The number of hydrogen-bond acceptors (Lipinski definition) is 12. The number of esters is 2. The minimum Gasteiger partial charge on any atom is -0.484 e. The normalized spacial score (nSPS) is 14.8. The van der Waals surface area contributed by atoms with Gasteiger partial charge in [0.1, 0.15) is 23.7 Å². The van der Waals surface area contributed by atoms with Crippen LogP contribution in [0.3, 0.4) is 0 Å². The predicted molar refractivity (Wildman–Crippen MR) is 222 cm³/mol. The number of thiophene rings is 2. The highest BCUT2D eigenvalue weighted by Gasteiger charge is 2.37. The van der Waals surface area contributed by atoms with Crippen molar-refractivity contribution < 1.29 is 38.7 Å². The second-order valence-corrected chi connectivity index (χ2v) is 16.1. The number of rotatable bonds is 17. The van der Waals surface area contributed by atoms with E-state index in [1.165, 1.54) is 22.7 Å². The number of aryl methyl sites for hydroxylation is 2. The van der Waals surface area contributed by atoms with Gasteiger partial charge in [-0.25, -0.2) is 9.59 Å². The first-order valence-corrected chi connectivity index (χ1v) is 20.4. The Hall–Kier alpha value is -4.24. The van der Waals surface area contributed by atoms with Crippen molar-refractivity contribution in [1.29, 1.82) is 0 Å². The van der Waals surface area contributed by atoms with Gasteiger partial charge in [-0.05, 0) is 63.0 Å². The number of ether oxygens (including phenoxy) is 4. The van der Waals surface area contributed by atoms with E-state index in [2.05, 4.69) is 22.8 Å². The van der Waals surface area contributed by atoms with Crippen molar-refractivity contribution in [2.45, 2.75) is 63.6 Å². The van der Waals surface area contributed by atoms with Gasteiger partial charge in [-0.15, -0.1) is 22.7 Å². The van der Waals surface area contributed by atoms with E-state index in [-0.39, 0.29) is 12.8 Å². The van der Waals surface area contributed by atoms with Crippen molar-refractivity contribution in [3.05, 3.63) is 127 Å². The fraction of sp³-hybridized carbons (Fsp3) is 0.286. The highest BCUT2D eigenvalue weighted by molar-refractivity contribution is 7.10. The molecule has 6 atom stereocenters. The van der Waals surface area contributed by atoms with Gasteiger partial charge in [0.2, 0.25) is 0 Å². The second-order valence-electron chi connectivity index (χ2n) is 13.3. The van der Waals surface area contributed by atoms with Gasteiger partial charge in [-0.3, -0.25) is 10.6 Å². The maximum absolute atomic E-state index is 13.2. The molecule has 0 saturated heterocycles. The summed E-state index contributed by atoms with van der Waals surface area (Å²) in [4.78, 5) is 28.0. The lowest BCUT2D eigenvalue weighted by Gasteiger charge is -2.27. The van der Waals surface area contributed by atoms with Crippen LogP contribution in [0.15, 0.2) is 95.7 Å². The number of carbonyl (C=O) groups is 2. The SMILES string of the molecule is CNC(CC(Oc1cccc2cc(C)ccc12)c1cc(Cl)cs1)OC(=O)C(O)C(O)C(=O)OC(CC(Oc1cccc2cc(C)ccc12)c1cc(Cl)cs1)NC. The molecule has 294 valence electrons. The van der Waals surface area contributed by atoms with Gasteiger partial charge in [0.05, 0.1) is 10.0 Å². The Balaban J connectivity index is 1.11. The summed E-state index contributed by atoms with van der Waals surface area (Å²) in [5, 5.41) is 35.9. The molecule has 4 N–H and O–H groups in total. The molecule has 10 nitrogen and oxygen atoms in total. The summed E-state index contributed by atoms with van der Waals surface area (Å²) in [5.41, 5.74) is 2.22. The summed E-state index contributed by atoms with van der Waals surface area (Å²) in [6.07, 6.45) is -7.56. The Kier molecular flexibility index (Phi) is 13.9. The topological polar surface area (TPSA) is 136 Å². The third-order valence-electron chi connectivity index (χ3n) is 9.14. The van der Waals surface area contributed by atoms with Gasteiger partial charge in [-0.2, -0.15) is 0 Å². The van der Waals surface area contributed by atoms with Crippen molar-refractivity contribution in [3.8, 4) is 11.5 Å². The molecule has 0 aliphatic carbocycles. The zero-order valence-electron chi connectivity index (χ0n) is 31.0. The summed E-state index contributed by atoms with van der Waals surface area (Å²) < 4.78 is 24.2. The van der Waals surface area contributed by atoms with Crippen LogP contribution in [0.1, 0.15) is 45.9 Å². The number of benzene rings is 4. The zero-order valence-corrected chi connectivity index (χ0v) is 34.2. The second kappa shape index (κ2) is 18.8. The van der Waals surface area contributed by atoms with Crippen molar-refractivity contribution in [3.63, 3.8) is 0 Å². The summed E-state index contributed by atoms with van der Waals surface area (Å²) in [6.45, 7) is 4.03. The van der Waals surface area contributed by atoms with E-state index in [9.17, 15) is 19.8 Å². The zero-order chi connectivity index (χ0) is 39.9. The van der Waals surface area contributed by atoms with E-state index in [4.69, 9.17) is 42.1 Å². The van der Waals surface area contributed by atoms with Gasteiger partial charge in [0, 0.05) is 44.1 Å². The molecular weight excluding hydrogens is 796 g/mol. The molecule has 0 bridgehead atoms. The molecule has 0 radical (unpaired) electrons. The molecule has 2 aromatic heterocycles. The van der Waals surface area contributed by atoms with Gasteiger partial charge in [-0.1, -0.05) is 95.0 Å². The summed E-state index contributed by atoms with van der Waals surface area (Å²) in [5.74, 6) is -1.23. The van der Waals surface area contributed by atoms with Gasteiger partial charge in [0.25, 0.3) is 0 Å². The lowest BCUT2D eigenvalue weighted by Crippen LogP contribution is -2.46. The van der Waals surface area contributed by atoms with Gasteiger partial charge < -0.3 is 29.2 Å². The molecular formula is C42H42Cl2N2O8S2. The van der Waals surface area contributed by atoms with Crippen LogP contribution in [0.5, 0.6) is 11.5 Å². The minimum atomic E-state index is -2.25. The van der Waals surface area contributed by atoms with Crippen LogP contribution < -0.4 is 20.1 Å². The number of fused-ring (bicyclic) bond motifs is 2. The van der Waals surface area contributed by atoms with E-state index >= 15 is 0 Å². The summed E-state index contributed by atoms with van der Waals surface area (Å²) >= 11 is 15.3. The molecule has 2 heterocycles. The van der Waals surface area contributed by atoms with E-state index in [0.29, 0.717) is 21.5 Å². The predicted octanol–water partition coefficient (Wildman–Crippen LogP) is 8.66. The molecule has 56 heavy (non-hydrogen) atoms. The average Bonchev–Trinajstić information content (AvgIpc) is 3.83. The number of carbonyl (C=O) groups excluding carboxylic acids is 2. The smallest absolute Gasteiger partial charge is 0.339 e. The Bertz CT molecular complexity index is 2140. The van der Waals surface area contributed by atoms with E-state index in [0.717, 1.165) is 42.4 Å². The standard InChI is InChI=1S/C42H42Cl2N2O8S2/c1-23-11-13-29-25(15-23)7-5-9-31(29)51-33(35-17-27(43)21-55-35)19-37(45-3)53-41(49)39(47)40(48)42(50)54-38(46-4)20-34(36-18-28(44)22-56-36)52-32-10-6-8-26-16-24(2)12-14-30(26)32/h5-18,21-22,33-34,37-40,45-48H,19-20H2,1-4H3. The summed E-state index contributed by atoms with van der Waals surface area (Å²) in [6, 6.07) is 27.2. The number of halogens is 2. The van der Waals surface area contributed by atoms with E-state index < -0.39 is 48.8 Å². The number of hydrogen-bond donors (Lipinski definition) is 4. The van der Waals surface area contributed by atoms with Gasteiger partial charge >= 0.3 is 11.9 Å². The Morgan fingerprint density at radius 3 is 1.41 bits per heavy atom. The molecule has 0 saturated carbocycles. The minimum absolute atomic E-state index is 0.0981. The van der Waals surface area contributed by atoms with Crippen molar-refractivity contribution in [2.75, 3.05) is 14.1 Å². The van der Waals surface area contributed by atoms with E-state index in [1.807, 2.05) is 74.5 Å². The average molecular weight is 838 g/mol. The van der Waals surface area contributed by atoms with Crippen LogP contribution in [-0.4, -0.2) is 60.9 Å². The molecule has 0 aliphatic rings. The monoisotopic (exact) mass is 836 g/mol. The number of nitrogens with one attached hydrogen (secondary N) is 2. The molecule has 0 spiro atoms. The lowest BCUT2D eigenvalue weighted by atomic mass is 10.1. The Morgan fingerprint density at radius 1 is 0.643 bits per heavy atom. The fourth-order valence-corrected chi connectivity index (χ4v) is 8.46. The Labute approximate surface area is 342 Å². The van der Waals surface area contributed by atoms with Crippen LogP contribution in [0.4, 0.5) is 0 Å². The van der Waals surface area contributed by atoms with Crippen molar-refractivity contribution in [1.82, 2.24) is 10.6 Å². The molecule has 6 unspecified atom stereocenters. The third kappa shape index (κ3) is 10.2. The highest BCUT2D eigenvalue weighted by atomic mass is 35.5. The maximum atomic E-state index is 13.2. The van der Waals surface area contributed by atoms with Gasteiger partial charge in [0.15, 0.2) is 24.7 Å². The molecule has 0 amide bonds. The van der Waals surface area contributed by atoms with Crippen LogP contribution >= 0.6 is 45.9 Å². The first-order chi connectivity index (χ1) is 26.9. The lowest BCUT2D eigenvalue weighted by molar-refractivity contribution is -0.181. The fourth-order valence-electron chi connectivity index (χ4n) is 6.21. The van der Waals surface area contributed by atoms with Crippen molar-refractivity contribution >= 4 is 79.4 Å². The quantitative estimate of drug-likeness (QED) is 0.0522. The largest absolute Gasteiger partial charge is 0.484 e. The molecule has 6 aromatic rings. The molecule has 4 aromatic carbocycles. The highest BCUT2D eigenvalue weighted by Crippen LogP contribution is 2.37. The Morgan fingerprint density at radius 2 is 1.05 bits per heavy atom. The number of aliphatic hydroxyl groups is 2. The van der Waals surface area contributed by atoms with Crippen molar-refractivity contribution in [2.24, 2.45) is 0 Å². The van der Waals surface area contributed by atoms with Crippen LogP contribution in [-0.2, 0) is 19.1 Å². The number of aliphatic hydroxyl groups excluding tert-OH is 2.